The molecule has 12 rings (SSSR count). The van der Waals surface area contributed by atoms with Crippen molar-refractivity contribution < 1.29 is 23.8 Å². The molecule has 0 radical (unpaired) electrons. The van der Waals surface area contributed by atoms with E-state index in [2.05, 4.69) is 89.0 Å². The normalized spacial score (nSPS) is 43.5. The number of hydrogen-bond donors (Lipinski definition) is 0. The number of fused-ring (bicyclic) bond motifs is 7. The molecule has 9 aliphatic heterocycles. The van der Waals surface area contributed by atoms with Crippen LogP contribution in [0.15, 0.2) is 59.7 Å². The second-order valence-corrected chi connectivity index (χ2v) is 16.4. The molecule has 10 aliphatic rings. The molecule has 1 aliphatic carbocycles. The number of hydrogen-bond acceptors (Lipinski definition) is 9. The van der Waals surface area contributed by atoms with Crippen LogP contribution in [0.3, 0.4) is 0 Å². The topological polar surface area (TPSA) is 74.8 Å². The van der Waals surface area contributed by atoms with Gasteiger partial charge in [-0.1, -0.05) is 41.5 Å². The van der Waals surface area contributed by atoms with Crippen LogP contribution >= 0.6 is 0 Å². The minimum atomic E-state index is -0.793. The van der Waals surface area contributed by atoms with E-state index in [1.54, 1.807) is 7.11 Å². The Morgan fingerprint density at radius 3 is 2.44 bits per heavy atom. The number of anilines is 2. The summed E-state index contributed by atoms with van der Waals surface area (Å²) in [7, 11) is 5.36. The van der Waals surface area contributed by atoms with Crippen LogP contribution in [0.4, 0.5) is 11.4 Å². The maximum Gasteiger partial charge on any atom is 0.329 e. The minimum Gasteiger partial charge on any atom is -0.469 e. The third kappa shape index (κ3) is 2.78. The van der Waals surface area contributed by atoms with Gasteiger partial charge in [-0.3, -0.25) is 14.6 Å². The molecular weight excluding hydrogens is 628 g/mol. The fourth-order valence-electron chi connectivity index (χ4n) is 14.1. The molecule has 0 amide bonds. The number of piperidine rings is 3. The van der Waals surface area contributed by atoms with Crippen LogP contribution in [0.5, 0.6) is 5.75 Å². The van der Waals surface area contributed by atoms with Crippen molar-refractivity contribution >= 4 is 23.3 Å². The van der Waals surface area contributed by atoms with Crippen LogP contribution in [0.1, 0.15) is 62.6 Å². The van der Waals surface area contributed by atoms with Crippen molar-refractivity contribution in [3.63, 3.8) is 0 Å². The smallest absolute Gasteiger partial charge is 0.329 e. The highest BCUT2D eigenvalue weighted by Crippen LogP contribution is 2.74. The summed E-state index contributed by atoms with van der Waals surface area (Å²) in [5, 5.41) is 0. The molecule has 10 atom stereocenters. The van der Waals surface area contributed by atoms with Gasteiger partial charge in [0.1, 0.15) is 17.5 Å². The van der Waals surface area contributed by atoms with Crippen molar-refractivity contribution in [1.82, 2.24) is 9.80 Å². The van der Waals surface area contributed by atoms with Crippen LogP contribution in [-0.4, -0.2) is 92.7 Å². The van der Waals surface area contributed by atoms with Crippen LogP contribution < -0.4 is 14.5 Å². The monoisotopic (exact) mass is 674 g/mol. The summed E-state index contributed by atoms with van der Waals surface area (Å²) in [6, 6.07) is 13.2. The van der Waals surface area contributed by atoms with Gasteiger partial charge in [-0.05, 0) is 81.2 Å². The molecule has 9 heterocycles. The Labute approximate surface area is 293 Å². The summed E-state index contributed by atoms with van der Waals surface area (Å²) in [5.41, 5.74) is 6.74. The van der Waals surface area contributed by atoms with Crippen molar-refractivity contribution in [2.45, 2.75) is 80.3 Å². The first kappa shape index (κ1) is 29.9. The van der Waals surface area contributed by atoms with E-state index in [0.717, 1.165) is 69.7 Å². The van der Waals surface area contributed by atoms with E-state index in [1.807, 2.05) is 0 Å². The van der Waals surface area contributed by atoms with Gasteiger partial charge in [-0.25, -0.2) is 4.79 Å². The van der Waals surface area contributed by atoms with Gasteiger partial charge >= 0.3 is 11.9 Å². The van der Waals surface area contributed by atoms with E-state index in [-0.39, 0.29) is 41.4 Å². The highest BCUT2D eigenvalue weighted by Gasteiger charge is 2.81. The molecule has 6 saturated heterocycles. The predicted octanol–water partition coefficient (Wildman–Crippen LogP) is 4.73. The van der Waals surface area contributed by atoms with Gasteiger partial charge in [0.2, 0.25) is 5.72 Å². The quantitative estimate of drug-likeness (QED) is 0.332. The maximum atomic E-state index is 14.2. The highest BCUT2D eigenvalue weighted by atomic mass is 16.5. The van der Waals surface area contributed by atoms with Crippen LogP contribution in [0.2, 0.25) is 0 Å². The molecule has 9 heteroatoms. The Bertz CT molecular complexity index is 1990. The number of nitrogens with zero attached hydrogens (tertiary/aromatic N) is 4. The van der Waals surface area contributed by atoms with E-state index < -0.39 is 22.6 Å². The number of likely N-dealkylation sites (N-methyl/N-ethyl adjacent to an activating group) is 1. The second-order valence-electron chi connectivity index (χ2n) is 16.4. The average Bonchev–Trinajstić information content (AvgIpc) is 3.72. The molecule has 9 nitrogen and oxygen atoms in total. The summed E-state index contributed by atoms with van der Waals surface area (Å²) >= 11 is 0. The summed E-state index contributed by atoms with van der Waals surface area (Å²) in [5.74, 6) is 0.562. The van der Waals surface area contributed by atoms with E-state index in [1.165, 1.54) is 40.6 Å². The number of rotatable bonds is 2. The molecule has 7 fully saturated rings. The third-order valence-electron chi connectivity index (χ3n) is 15.7. The number of carbonyl (C=O) groups excluding carboxylic acids is 2. The van der Waals surface area contributed by atoms with Crippen molar-refractivity contribution in [3.8, 4) is 5.75 Å². The molecular formula is C41H46N4O5. The van der Waals surface area contributed by atoms with Crippen molar-refractivity contribution in [1.29, 1.82) is 0 Å². The fraction of sp³-hybridized carbons (Fsp3) is 0.561. The van der Waals surface area contributed by atoms with Gasteiger partial charge in [-0.2, -0.15) is 0 Å². The van der Waals surface area contributed by atoms with Gasteiger partial charge in [-0.15, -0.1) is 0 Å². The number of esters is 2. The standard InChI is InChI=1S/C41H46N4O5/c1-6-23-21-43-16-14-38-27-10-8-9-11-30(27)45-35(37(47)49-5)26(23)18-33(43)41(38,45)50-32-20-28-31(19-29(32)38)42(3)40-13-12-25-24(7-2)22-44(40)17-15-39(28,40)34(25)36(46)48-4/h6-11,19-20,25-26,33-35H,12-18,21-22H2,1-5H3/b23-6-,24-7-/t25-,26-,33-,34?,35-,38+,39-,40?,41-/m0/s1. The number of carbonyl (C=O) groups is 2. The van der Waals surface area contributed by atoms with Crippen molar-refractivity contribution in [2.24, 2.45) is 17.8 Å². The molecule has 50 heavy (non-hydrogen) atoms. The zero-order valence-electron chi connectivity index (χ0n) is 29.7. The summed E-state index contributed by atoms with van der Waals surface area (Å²) < 4.78 is 19.1. The van der Waals surface area contributed by atoms with E-state index in [9.17, 15) is 9.59 Å². The minimum absolute atomic E-state index is 0.0520. The number of methoxy groups -OCH3 is 2. The molecule has 3 unspecified atom stereocenters. The second kappa shape index (κ2) is 9.34. The molecule has 1 saturated carbocycles. The lowest BCUT2D eigenvalue weighted by molar-refractivity contribution is -0.156. The maximum absolute atomic E-state index is 14.2. The lowest BCUT2D eigenvalue weighted by Crippen LogP contribution is -2.81. The molecule has 0 aromatic heterocycles. The summed E-state index contributed by atoms with van der Waals surface area (Å²) in [6.45, 7) is 7.88. The van der Waals surface area contributed by atoms with Crippen molar-refractivity contribution in [3.05, 3.63) is 76.4 Å². The molecule has 2 aromatic carbocycles. The zero-order valence-corrected chi connectivity index (χ0v) is 29.7. The van der Waals surface area contributed by atoms with Gasteiger partial charge in [0, 0.05) is 61.5 Å². The number of para-hydroxylation sites is 1. The summed E-state index contributed by atoms with van der Waals surface area (Å²) in [4.78, 5) is 38.4. The Balaban J connectivity index is 1.18. The molecule has 2 aromatic rings. The van der Waals surface area contributed by atoms with E-state index in [4.69, 9.17) is 14.2 Å². The van der Waals surface area contributed by atoms with Gasteiger partial charge < -0.3 is 24.0 Å². The molecule has 6 bridgehead atoms. The Kier molecular flexibility index (Phi) is 5.58. The zero-order chi connectivity index (χ0) is 34.1. The van der Waals surface area contributed by atoms with E-state index >= 15 is 0 Å². The van der Waals surface area contributed by atoms with Gasteiger partial charge in [0.25, 0.3) is 0 Å². The van der Waals surface area contributed by atoms with Crippen molar-refractivity contribution in [2.75, 3.05) is 57.2 Å². The lowest BCUT2D eigenvalue weighted by Gasteiger charge is -2.64. The Morgan fingerprint density at radius 2 is 1.66 bits per heavy atom. The molecule has 2 spiro atoms. The molecule has 0 N–H and O–H groups in total. The number of ether oxygens (including phenoxy) is 3. The van der Waals surface area contributed by atoms with Crippen LogP contribution in [-0.2, 0) is 29.9 Å². The first-order valence-corrected chi connectivity index (χ1v) is 18.7. The molecule has 260 valence electrons. The SMILES string of the molecule is C/C=C1/CN2CC[C@@]34c5cc6c(cc5N(C)C23CC[C@@H]1C4C(=O)OC)[C@]12CCN3C/C(=C/C)[C@@H]4C[C@H]3[C@@]1(O6)N(c1ccccc12)[C@@H]4C(=O)OC. The van der Waals surface area contributed by atoms with Crippen LogP contribution in [0.25, 0.3) is 0 Å². The first-order valence-electron chi connectivity index (χ1n) is 18.7. The highest BCUT2D eigenvalue weighted by molar-refractivity contribution is 5.89. The Hall–Kier alpha value is -3.82. The van der Waals surface area contributed by atoms with E-state index in [0.29, 0.717) is 0 Å². The lowest BCUT2D eigenvalue weighted by atomic mass is 9.54. The van der Waals surface area contributed by atoms with Crippen LogP contribution in [0, 0.1) is 17.8 Å². The summed E-state index contributed by atoms with van der Waals surface area (Å²) in [6.07, 6.45) is 9.12. The first-order chi connectivity index (χ1) is 24.3. The predicted molar refractivity (Wildman–Crippen MR) is 188 cm³/mol. The third-order valence-corrected chi connectivity index (χ3v) is 15.7. The van der Waals surface area contributed by atoms with Gasteiger partial charge in [0.15, 0.2) is 0 Å². The Morgan fingerprint density at radius 1 is 0.880 bits per heavy atom. The number of allylic oxidation sites excluding steroid dienone is 2. The van der Waals surface area contributed by atoms with Gasteiger partial charge in [0.05, 0.1) is 31.6 Å². The number of benzene rings is 2. The fourth-order valence-corrected chi connectivity index (χ4v) is 14.1. The average molecular weight is 675 g/mol. The largest absolute Gasteiger partial charge is 0.469 e.